The van der Waals surface area contributed by atoms with E-state index in [1.165, 1.54) is 19.1 Å². The van der Waals surface area contributed by atoms with E-state index >= 15 is 0 Å². The Kier molecular flexibility index (Phi) is 6.87. The second kappa shape index (κ2) is 9.77. The fourth-order valence-electron chi connectivity index (χ4n) is 3.84. The number of aryl methyl sites for hydroxylation is 2. The second-order valence-electron chi connectivity index (χ2n) is 8.45. The third kappa shape index (κ3) is 5.10. The molecule has 1 aromatic carbocycles. The molecular weight excluding hydrogens is 514 g/mol. The van der Waals surface area contributed by atoms with Crippen LogP contribution in [-0.4, -0.2) is 39.1 Å². The van der Waals surface area contributed by atoms with E-state index in [1.54, 1.807) is 38.1 Å². The van der Waals surface area contributed by atoms with Gasteiger partial charge < -0.3 is 19.7 Å². The van der Waals surface area contributed by atoms with E-state index in [-0.39, 0.29) is 28.5 Å². The van der Waals surface area contributed by atoms with Gasteiger partial charge in [-0.3, -0.25) is 14.9 Å². The highest BCUT2D eigenvalue weighted by Crippen LogP contribution is 2.55. The third-order valence-corrected chi connectivity index (χ3v) is 6.24. The highest BCUT2D eigenvalue weighted by molar-refractivity contribution is 6.31. The van der Waals surface area contributed by atoms with Crippen molar-refractivity contribution < 1.29 is 37.5 Å². The molecule has 194 valence electrons. The summed E-state index contributed by atoms with van der Waals surface area (Å²) >= 11 is 6.16. The average Bonchev–Trinajstić information content (AvgIpc) is 3.25. The number of amides is 2. The van der Waals surface area contributed by atoms with E-state index < -0.39 is 41.8 Å². The summed E-state index contributed by atoms with van der Waals surface area (Å²) < 4.78 is 38.1. The Morgan fingerprint density at radius 1 is 1.11 bits per heavy atom. The molecule has 3 atom stereocenters. The van der Waals surface area contributed by atoms with Crippen LogP contribution in [0.25, 0.3) is 11.5 Å². The van der Waals surface area contributed by atoms with Gasteiger partial charge in [-0.2, -0.15) is 0 Å². The van der Waals surface area contributed by atoms with Crippen molar-refractivity contribution in [1.82, 2.24) is 10.1 Å². The molecule has 0 radical (unpaired) electrons. The molecule has 1 aliphatic rings. The van der Waals surface area contributed by atoms with Crippen molar-refractivity contribution in [2.24, 2.45) is 11.8 Å². The molecule has 4 rings (SSSR count). The van der Waals surface area contributed by atoms with Gasteiger partial charge in [-0.05, 0) is 39.0 Å². The van der Waals surface area contributed by atoms with Crippen LogP contribution < -0.4 is 10.6 Å². The van der Waals surface area contributed by atoms with Gasteiger partial charge in [-0.1, -0.05) is 35.0 Å². The first-order valence-electron chi connectivity index (χ1n) is 11.0. The molecule has 10 nitrogen and oxygen atoms in total. The number of halogens is 3. The molecule has 3 N–H and O–H groups in total. The maximum atomic E-state index is 13.7. The summed E-state index contributed by atoms with van der Waals surface area (Å²) in [5.74, 6) is -10.4. The van der Waals surface area contributed by atoms with E-state index in [9.17, 15) is 23.2 Å². The van der Waals surface area contributed by atoms with E-state index in [0.717, 1.165) is 0 Å². The van der Waals surface area contributed by atoms with Crippen LogP contribution in [0.15, 0.2) is 40.9 Å². The van der Waals surface area contributed by atoms with Crippen LogP contribution in [0.2, 0.25) is 5.02 Å². The number of carbonyl (C=O) groups is 3. The van der Waals surface area contributed by atoms with Crippen LogP contribution in [0.5, 0.6) is 0 Å². The maximum absolute atomic E-state index is 13.7. The first kappa shape index (κ1) is 26.0. The van der Waals surface area contributed by atoms with Crippen LogP contribution in [-0.2, 0) is 14.3 Å². The number of carboxylic acids is 1. The predicted octanol–water partition coefficient (Wildman–Crippen LogP) is 5.22. The number of aliphatic carboxylic acids is 1. The Hall–Kier alpha value is -4.06. The zero-order valence-corrected chi connectivity index (χ0v) is 20.5. The minimum absolute atomic E-state index is 0.0977. The molecule has 3 aromatic rings. The van der Waals surface area contributed by atoms with E-state index in [2.05, 4.69) is 20.8 Å². The summed E-state index contributed by atoms with van der Waals surface area (Å²) in [6, 6.07) is 9.75. The van der Waals surface area contributed by atoms with Gasteiger partial charge in [0.1, 0.15) is 35.0 Å². The number of ether oxygens (including phenoxy) is 1. The van der Waals surface area contributed by atoms with Crippen LogP contribution in [0.3, 0.4) is 0 Å². The lowest BCUT2D eigenvalue weighted by Crippen LogP contribution is -2.19. The molecular formula is C24H21ClF2N4O6. The van der Waals surface area contributed by atoms with Crippen molar-refractivity contribution >= 4 is 40.9 Å². The van der Waals surface area contributed by atoms with Crippen LogP contribution in [0, 0.1) is 25.7 Å². The fourth-order valence-corrected chi connectivity index (χ4v) is 4.13. The zero-order valence-electron chi connectivity index (χ0n) is 19.7. The molecule has 0 aliphatic heterocycles. The van der Waals surface area contributed by atoms with Gasteiger partial charge in [0, 0.05) is 10.6 Å². The SMILES string of the molecule is Cc1nc(-c2onc(C)c2NC(=O)O[C@H](C)c2ccccc2Cl)ccc1NC(=O)C1C(C(=O)O)C1(F)F. The topological polar surface area (TPSA) is 144 Å². The molecule has 1 fully saturated rings. The molecule has 13 heteroatoms. The Balaban J connectivity index is 1.48. The minimum atomic E-state index is -3.62. The number of carbonyl (C=O) groups excluding carboxylic acids is 2. The van der Waals surface area contributed by atoms with E-state index in [4.69, 9.17) is 26.0 Å². The largest absolute Gasteiger partial charge is 0.481 e. The molecule has 2 heterocycles. The van der Waals surface area contributed by atoms with Crippen LogP contribution in [0.1, 0.15) is 30.0 Å². The lowest BCUT2D eigenvalue weighted by molar-refractivity contribution is -0.141. The first-order chi connectivity index (χ1) is 17.4. The molecule has 2 unspecified atom stereocenters. The lowest BCUT2D eigenvalue weighted by atomic mass is 10.1. The number of aromatic nitrogens is 2. The number of rotatable bonds is 7. The number of anilines is 2. The maximum Gasteiger partial charge on any atom is 0.412 e. The van der Waals surface area contributed by atoms with Gasteiger partial charge in [0.2, 0.25) is 11.7 Å². The van der Waals surface area contributed by atoms with Crippen molar-refractivity contribution in [2.75, 3.05) is 10.6 Å². The standard InChI is InChI=1S/C24H21ClF2N4O6/c1-10-15(29-21(32)17-18(22(33)34)24(17,26)27)8-9-16(28-10)20-19(11(2)31-37-20)30-23(35)36-12(3)13-6-4-5-7-14(13)25/h4-9,12,17-18H,1-3H3,(H,29,32)(H,30,35)(H,33,34)/t12-,17?,18?/m1/s1. The van der Waals surface area contributed by atoms with Gasteiger partial charge >= 0.3 is 12.1 Å². The number of hydrogen-bond donors (Lipinski definition) is 3. The Bertz CT molecular complexity index is 1400. The summed E-state index contributed by atoms with van der Waals surface area (Å²) in [6.45, 7) is 4.77. The highest BCUT2D eigenvalue weighted by atomic mass is 35.5. The molecule has 0 bridgehead atoms. The second-order valence-corrected chi connectivity index (χ2v) is 8.86. The smallest absolute Gasteiger partial charge is 0.412 e. The normalized spacial score (nSPS) is 18.5. The van der Waals surface area contributed by atoms with Crippen LogP contribution in [0.4, 0.5) is 25.0 Å². The summed E-state index contributed by atoms with van der Waals surface area (Å²) in [5.41, 5.74) is 1.73. The number of nitrogens with one attached hydrogen (secondary N) is 2. The molecule has 2 aromatic heterocycles. The number of alkyl halides is 2. The van der Waals surface area contributed by atoms with Crippen molar-refractivity contribution in [1.29, 1.82) is 0 Å². The molecule has 0 spiro atoms. The number of benzene rings is 1. The summed E-state index contributed by atoms with van der Waals surface area (Å²) in [6.07, 6.45) is -1.45. The highest BCUT2D eigenvalue weighted by Gasteiger charge is 2.76. The monoisotopic (exact) mass is 534 g/mol. The van der Waals surface area contributed by atoms with Crippen molar-refractivity contribution in [3.05, 3.63) is 58.4 Å². The average molecular weight is 535 g/mol. The van der Waals surface area contributed by atoms with Gasteiger partial charge in [0.05, 0.1) is 11.4 Å². The molecule has 1 saturated carbocycles. The number of nitrogens with zero attached hydrogens (tertiary/aromatic N) is 2. The third-order valence-electron chi connectivity index (χ3n) is 5.90. The summed E-state index contributed by atoms with van der Waals surface area (Å²) in [4.78, 5) is 40.0. The van der Waals surface area contributed by atoms with Crippen molar-refractivity contribution in [3.63, 3.8) is 0 Å². The number of pyridine rings is 1. The van der Waals surface area contributed by atoms with E-state index in [0.29, 0.717) is 16.3 Å². The van der Waals surface area contributed by atoms with Crippen molar-refractivity contribution in [2.45, 2.75) is 32.8 Å². The Morgan fingerprint density at radius 2 is 1.81 bits per heavy atom. The lowest BCUT2D eigenvalue weighted by Gasteiger charge is -2.15. The first-order valence-corrected chi connectivity index (χ1v) is 11.4. The van der Waals surface area contributed by atoms with Gasteiger partial charge in [0.25, 0.3) is 5.92 Å². The number of hydrogen-bond acceptors (Lipinski definition) is 7. The predicted molar refractivity (Wildman–Crippen MR) is 127 cm³/mol. The quantitative estimate of drug-likeness (QED) is 0.374. The molecule has 0 saturated heterocycles. The van der Waals surface area contributed by atoms with Crippen LogP contribution >= 0.6 is 11.6 Å². The van der Waals surface area contributed by atoms with E-state index in [1.807, 2.05) is 0 Å². The fraction of sp³-hybridized carbons (Fsp3) is 0.292. The van der Waals surface area contributed by atoms with Gasteiger partial charge in [-0.15, -0.1) is 0 Å². The Labute approximate surface area is 214 Å². The minimum Gasteiger partial charge on any atom is -0.481 e. The zero-order chi connectivity index (χ0) is 27.1. The Morgan fingerprint density at radius 3 is 2.43 bits per heavy atom. The van der Waals surface area contributed by atoms with Gasteiger partial charge in [0.15, 0.2) is 0 Å². The summed E-state index contributed by atoms with van der Waals surface area (Å²) in [7, 11) is 0. The molecule has 1 aliphatic carbocycles. The molecule has 2 amide bonds. The summed E-state index contributed by atoms with van der Waals surface area (Å²) in [5, 5.41) is 18.0. The van der Waals surface area contributed by atoms with Crippen molar-refractivity contribution in [3.8, 4) is 11.5 Å². The molecule has 37 heavy (non-hydrogen) atoms. The number of carboxylic acid groups (broad SMARTS) is 1. The van der Waals surface area contributed by atoms with Gasteiger partial charge in [-0.25, -0.2) is 18.6 Å².